The van der Waals surface area contributed by atoms with E-state index >= 15 is 0 Å². The van der Waals surface area contributed by atoms with Gasteiger partial charge in [-0.3, -0.25) is 0 Å². The Morgan fingerprint density at radius 1 is 1.15 bits per heavy atom. The molecule has 0 aliphatic carbocycles. The van der Waals surface area contributed by atoms with E-state index in [0.717, 1.165) is 38.4 Å². The molecule has 0 saturated heterocycles. The van der Waals surface area contributed by atoms with Crippen LogP contribution in [0.15, 0.2) is 27.1 Å². The summed E-state index contributed by atoms with van der Waals surface area (Å²) in [4.78, 5) is 0. The van der Waals surface area contributed by atoms with Gasteiger partial charge in [-0.25, -0.2) is 0 Å². The Bertz CT molecular complexity index is 619. The van der Waals surface area contributed by atoms with Crippen LogP contribution in [-0.4, -0.2) is 14.2 Å². The molecule has 1 unspecified atom stereocenters. The molecule has 1 atom stereocenters. The largest absolute Gasteiger partial charge is 0.496 e. The summed E-state index contributed by atoms with van der Waals surface area (Å²) in [6.07, 6.45) is 0. The van der Waals surface area contributed by atoms with Crippen LogP contribution in [0.3, 0.4) is 0 Å². The molecular weight excluding hydrogens is 318 g/mol. The van der Waals surface area contributed by atoms with Gasteiger partial charge in [0.15, 0.2) is 0 Å². The lowest BCUT2D eigenvalue weighted by Crippen LogP contribution is -2.19. The lowest BCUT2D eigenvalue weighted by molar-refractivity contribution is 0.404. The van der Waals surface area contributed by atoms with Gasteiger partial charge >= 0.3 is 0 Å². The Labute approximate surface area is 128 Å². The van der Waals surface area contributed by atoms with Gasteiger partial charge in [-0.2, -0.15) is 0 Å². The number of benzene rings is 1. The zero-order chi connectivity index (χ0) is 14.9. The molecule has 0 amide bonds. The van der Waals surface area contributed by atoms with Crippen molar-refractivity contribution in [3.8, 4) is 5.75 Å². The zero-order valence-corrected chi connectivity index (χ0v) is 14.1. The summed E-state index contributed by atoms with van der Waals surface area (Å²) in [6.45, 7) is 6.01. The summed E-state index contributed by atoms with van der Waals surface area (Å²) >= 11 is 3.60. The fourth-order valence-electron chi connectivity index (χ4n) is 2.49. The maximum absolute atomic E-state index is 5.65. The fraction of sp³-hybridized carbons (Fsp3) is 0.375. The average Bonchev–Trinajstić information content (AvgIpc) is 2.73. The van der Waals surface area contributed by atoms with E-state index in [-0.39, 0.29) is 6.04 Å². The molecule has 0 bridgehead atoms. The van der Waals surface area contributed by atoms with Crippen molar-refractivity contribution >= 4 is 15.9 Å². The number of halogens is 1. The van der Waals surface area contributed by atoms with Crippen molar-refractivity contribution < 1.29 is 9.15 Å². The average molecular weight is 338 g/mol. The van der Waals surface area contributed by atoms with Crippen LogP contribution in [0.4, 0.5) is 0 Å². The molecule has 1 N–H and O–H groups in total. The highest BCUT2D eigenvalue weighted by Gasteiger charge is 2.21. The molecule has 0 fully saturated rings. The number of methoxy groups -OCH3 is 1. The Balaban J connectivity index is 2.57. The smallest absolute Gasteiger partial charge is 0.124 e. The molecule has 0 spiro atoms. The molecule has 0 saturated carbocycles. The maximum Gasteiger partial charge on any atom is 0.124 e. The van der Waals surface area contributed by atoms with E-state index in [1.807, 2.05) is 27.0 Å². The van der Waals surface area contributed by atoms with Gasteiger partial charge in [0.2, 0.25) is 0 Å². The van der Waals surface area contributed by atoms with Gasteiger partial charge in [0.25, 0.3) is 0 Å². The molecule has 3 nitrogen and oxygen atoms in total. The number of ether oxygens (including phenoxy) is 1. The highest BCUT2D eigenvalue weighted by Crippen LogP contribution is 2.36. The number of hydrogen-bond acceptors (Lipinski definition) is 3. The maximum atomic E-state index is 5.65. The summed E-state index contributed by atoms with van der Waals surface area (Å²) in [6, 6.07) is 6.27. The van der Waals surface area contributed by atoms with E-state index in [4.69, 9.17) is 9.15 Å². The summed E-state index contributed by atoms with van der Waals surface area (Å²) < 4.78 is 12.3. The molecule has 0 aliphatic heterocycles. The van der Waals surface area contributed by atoms with E-state index in [0.29, 0.717) is 0 Å². The van der Waals surface area contributed by atoms with Crippen LogP contribution < -0.4 is 10.1 Å². The van der Waals surface area contributed by atoms with E-state index in [1.165, 1.54) is 0 Å². The van der Waals surface area contributed by atoms with Gasteiger partial charge in [-0.1, -0.05) is 15.9 Å². The Morgan fingerprint density at radius 3 is 2.35 bits per heavy atom. The van der Waals surface area contributed by atoms with Crippen molar-refractivity contribution in [2.75, 3.05) is 14.2 Å². The first-order chi connectivity index (χ1) is 9.47. The lowest BCUT2D eigenvalue weighted by Gasteiger charge is -2.20. The SMILES string of the molecule is CNC(c1cc(Br)c(C)cc1OC)c1cc(C)oc1C. The van der Waals surface area contributed by atoms with Gasteiger partial charge in [0.05, 0.1) is 13.2 Å². The predicted octanol–water partition coefficient (Wildman–Crippen LogP) is 4.28. The number of rotatable bonds is 4. The lowest BCUT2D eigenvalue weighted by atomic mass is 9.97. The van der Waals surface area contributed by atoms with Crippen molar-refractivity contribution in [1.82, 2.24) is 5.32 Å². The quantitative estimate of drug-likeness (QED) is 0.903. The third-order valence-electron chi connectivity index (χ3n) is 3.50. The molecule has 2 rings (SSSR count). The molecule has 1 heterocycles. The first-order valence-electron chi connectivity index (χ1n) is 6.56. The molecule has 2 aromatic rings. The summed E-state index contributed by atoms with van der Waals surface area (Å²) in [5.74, 6) is 2.73. The van der Waals surface area contributed by atoms with Gasteiger partial charge in [0.1, 0.15) is 17.3 Å². The topological polar surface area (TPSA) is 34.4 Å². The number of nitrogens with one attached hydrogen (secondary N) is 1. The Morgan fingerprint density at radius 2 is 1.85 bits per heavy atom. The highest BCUT2D eigenvalue weighted by molar-refractivity contribution is 9.10. The van der Waals surface area contributed by atoms with Crippen LogP contribution in [0.5, 0.6) is 5.75 Å². The van der Waals surface area contributed by atoms with Crippen LogP contribution in [0.2, 0.25) is 0 Å². The van der Waals surface area contributed by atoms with E-state index in [2.05, 4.69) is 40.3 Å². The van der Waals surface area contributed by atoms with E-state index in [9.17, 15) is 0 Å². The number of furan rings is 1. The van der Waals surface area contributed by atoms with Crippen LogP contribution in [0.1, 0.15) is 34.3 Å². The van der Waals surface area contributed by atoms with Crippen molar-refractivity contribution in [3.63, 3.8) is 0 Å². The molecule has 0 radical (unpaired) electrons. The van der Waals surface area contributed by atoms with Gasteiger partial charge in [0, 0.05) is 15.6 Å². The van der Waals surface area contributed by atoms with Crippen LogP contribution in [0, 0.1) is 20.8 Å². The van der Waals surface area contributed by atoms with Crippen molar-refractivity contribution in [2.45, 2.75) is 26.8 Å². The van der Waals surface area contributed by atoms with Gasteiger partial charge in [-0.05, 0) is 51.6 Å². The first kappa shape index (κ1) is 15.1. The van der Waals surface area contributed by atoms with Crippen molar-refractivity contribution in [2.24, 2.45) is 0 Å². The zero-order valence-electron chi connectivity index (χ0n) is 12.5. The molecule has 0 aliphatic rings. The standard InChI is InChI=1S/C16H20BrNO2/c1-9-6-15(19-5)13(8-14(9)17)16(18-4)12-7-10(2)20-11(12)3/h6-8,16,18H,1-5H3. The molecular formula is C16H20BrNO2. The monoisotopic (exact) mass is 337 g/mol. The first-order valence-corrected chi connectivity index (χ1v) is 7.35. The summed E-state index contributed by atoms with van der Waals surface area (Å²) in [7, 11) is 3.64. The highest BCUT2D eigenvalue weighted by atomic mass is 79.9. The van der Waals surface area contributed by atoms with E-state index < -0.39 is 0 Å². The number of aryl methyl sites for hydroxylation is 3. The fourth-order valence-corrected chi connectivity index (χ4v) is 2.85. The Kier molecular flexibility index (Phi) is 4.55. The summed E-state index contributed by atoms with van der Waals surface area (Å²) in [5, 5.41) is 3.35. The van der Waals surface area contributed by atoms with Crippen molar-refractivity contribution in [3.05, 3.63) is 50.9 Å². The van der Waals surface area contributed by atoms with Crippen LogP contribution in [-0.2, 0) is 0 Å². The molecule has 1 aromatic heterocycles. The number of hydrogen-bond donors (Lipinski definition) is 1. The van der Waals surface area contributed by atoms with Gasteiger partial charge in [-0.15, -0.1) is 0 Å². The van der Waals surface area contributed by atoms with Crippen molar-refractivity contribution in [1.29, 1.82) is 0 Å². The van der Waals surface area contributed by atoms with Crippen LogP contribution in [0.25, 0.3) is 0 Å². The second-order valence-electron chi connectivity index (χ2n) is 4.93. The second kappa shape index (κ2) is 6.02. The summed E-state index contributed by atoms with van der Waals surface area (Å²) in [5.41, 5.74) is 3.39. The van der Waals surface area contributed by atoms with Gasteiger partial charge < -0.3 is 14.5 Å². The third-order valence-corrected chi connectivity index (χ3v) is 4.36. The minimum absolute atomic E-state index is 0.0410. The Hall–Kier alpha value is -1.26. The van der Waals surface area contributed by atoms with Crippen LogP contribution >= 0.6 is 15.9 Å². The second-order valence-corrected chi connectivity index (χ2v) is 5.79. The third kappa shape index (κ3) is 2.76. The molecule has 4 heteroatoms. The minimum atomic E-state index is 0.0410. The molecule has 1 aromatic carbocycles. The van der Waals surface area contributed by atoms with E-state index in [1.54, 1.807) is 7.11 Å². The predicted molar refractivity (Wildman–Crippen MR) is 84.5 cm³/mol. The minimum Gasteiger partial charge on any atom is -0.496 e. The molecule has 108 valence electrons. The normalized spacial score (nSPS) is 12.5. The molecule has 20 heavy (non-hydrogen) atoms.